The summed E-state index contributed by atoms with van der Waals surface area (Å²) < 4.78 is 11.6. The fourth-order valence-corrected chi connectivity index (χ4v) is 3.19. The molecule has 1 N–H and O–H groups in total. The summed E-state index contributed by atoms with van der Waals surface area (Å²) in [5.74, 6) is 3.92. The predicted octanol–water partition coefficient (Wildman–Crippen LogP) is 2.62. The van der Waals surface area contributed by atoms with E-state index >= 15 is 0 Å². The molecule has 0 saturated carbocycles. The summed E-state index contributed by atoms with van der Waals surface area (Å²) in [7, 11) is 3.28. The van der Waals surface area contributed by atoms with E-state index in [2.05, 4.69) is 5.48 Å². The van der Waals surface area contributed by atoms with Gasteiger partial charge in [0.05, 0.1) is 14.2 Å². The molecule has 1 aliphatic rings. The number of para-hydroxylation sites is 1. The number of benzene rings is 1. The quantitative estimate of drug-likeness (QED) is 0.813. The number of hydrogen-bond acceptors (Lipinski definition) is 5. The first-order valence-electron chi connectivity index (χ1n) is 6.51. The van der Waals surface area contributed by atoms with E-state index in [1.54, 1.807) is 14.2 Å². The largest absolute Gasteiger partial charge is 0.493 e. The molecule has 4 nitrogen and oxygen atoms in total. The Balaban J connectivity index is 2.09. The Hall–Kier alpha value is -0.910. The Kier molecular flexibility index (Phi) is 5.82. The Labute approximate surface area is 118 Å². The zero-order valence-electron chi connectivity index (χ0n) is 11.5. The van der Waals surface area contributed by atoms with Crippen molar-refractivity contribution in [2.45, 2.75) is 25.5 Å². The predicted molar refractivity (Wildman–Crippen MR) is 77.8 cm³/mol. The topological polar surface area (TPSA) is 39.7 Å². The van der Waals surface area contributed by atoms with Gasteiger partial charge in [-0.2, -0.15) is 17.2 Å². The third-order valence-corrected chi connectivity index (χ3v) is 4.27. The van der Waals surface area contributed by atoms with Gasteiger partial charge in [-0.3, -0.25) is 0 Å². The van der Waals surface area contributed by atoms with Gasteiger partial charge in [-0.1, -0.05) is 12.1 Å². The molecule has 0 spiro atoms. The number of hydroxylamine groups is 1. The van der Waals surface area contributed by atoms with Gasteiger partial charge in [0.1, 0.15) is 6.10 Å². The van der Waals surface area contributed by atoms with Gasteiger partial charge < -0.3 is 14.3 Å². The average molecular weight is 283 g/mol. The standard InChI is InChI=1S/C14H21NO3S/c1-16-14-11(9-15-17-2)5-3-7-13(14)18-12-6-4-8-19-10-12/h3,5,7,12,15H,4,6,8-10H2,1-2H3. The van der Waals surface area contributed by atoms with E-state index in [4.69, 9.17) is 14.3 Å². The van der Waals surface area contributed by atoms with Crippen LogP contribution in [-0.2, 0) is 11.4 Å². The molecule has 1 aromatic rings. The van der Waals surface area contributed by atoms with Gasteiger partial charge in [0.15, 0.2) is 11.5 Å². The third-order valence-electron chi connectivity index (χ3n) is 3.08. The fourth-order valence-electron chi connectivity index (χ4n) is 2.16. The summed E-state index contributed by atoms with van der Waals surface area (Å²) in [4.78, 5) is 4.89. The van der Waals surface area contributed by atoms with Gasteiger partial charge in [-0.15, -0.1) is 0 Å². The molecule has 0 amide bonds. The molecule has 5 heteroatoms. The Morgan fingerprint density at radius 2 is 2.26 bits per heavy atom. The lowest BCUT2D eigenvalue weighted by molar-refractivity contribution is 0.0859. The molecule has 1 saturated heterocycles. The van der Waals surface area contributed by atoms with Crippen molar-refractivity contribution in [3.63, 3.8) is 0 Å². The van der Waals surface area contributed by atoms with Crippen LogP contribution in [-0.4, -0.2) is 31.8 Å². The van der Waals surface area contributed by atoms with Crippen molar-refractivity contribution in [1.29, 1.82) is 0 Å². The van der Waals surface area contributed by atoms with Crippen LogP contribution in [0.25, 0.3) is 0 Å². The molecule has 0 radical (unpaired) electrons. The third kappa shape index (κ3) is 4.03. The molecule has 0 aromatic heterocycles. The number of ether oxygens (including phenoxy) is 2. The maximum atomic E-state index is 6.08. The van der Waals surface area contributed by atoms with E-state index < -0.39 is 0 Å². The summed E-state index contributed by atoms with van der Waals surface area (Å²) in [6.45, 7) is 0.594. The van der Waals surface area contributed by atoms with Crippen LogP contribution in [0.1, 0.15) is 18.4 Å². The molecule has 0 bridgehead atoms. The molecule has 106 valence electrons. The first-order chi connectivity index (χ1) is 9.35. The molecule has 1 heterocycles. The van der Waals surface area contributed by atoms with Crippen molar-refractivity contribution >= 4 is 11.8 Å². The van der Waals surface area contributed by atoms with Gasteiger partial charge in [0, 0.05) is 17.9 Å². The van der Waals surface area contributed by atoms with Crippen molar-refractivity contribution in [3.05, 3.63) is 23.8 Å². The second kappa shape index (κ2) is 7.62. The zero-order valence-corrected chi connectivity index (χ0v) is 12.3. The SMILES string of the molecule is CONCc1cccc(OC2CCCSC2)c1OC. The van der Waals surface area contributed by atoms with Gasteiger partial charge in [-0.05, 0) is 24.7 Å². The smallest absolute Gasteiger partial charge is 0.165 e. The first-order valence-corrected chi connectivity index (χ1v) is 7.66. The van der Waals surface area contributed by atoms with Crippen molar-refractivity contribution in [1.82, 2.24) is 5.48 Å². The maximum Gasteiger partial charge on any atom is 0.165 e. The van der Waals surface area contributed by atoms with Crippen LogP contribution >= 0.6 is 11.8 Å². The molecule has 1 atom stereocenters. The second-order valence-electron chi connectivity index (χ2n) is 4.43. The van der Waals surface area contributed by atoms with Gasteiger partial charge in [0.25, 0.3) is 0 Å². The van der Waals surface area contributed by atoms with Gasteiger partial charge >= 0.3 is 0 Å². The lowest BCUT2D eigenvalue weighted by atomic mass is 10.1. The van der Waals surface area contributed by atoms with Crippen LogP contribution in [0.4, 0.5) is 0 Å². The fraction of sp³-hybridized carbons (Fsp3) is 0.571. The zero-order chi connectivity index (χ0) is 13.5. The highest BCUT2D eigenvalue weighted by Crippen LogP contribution is 2.33. The molecular weight excluding hydrogens is 262 g/mol. The Bertz CT molecular complexity index is 394. The van der Waals surface area contributed by atoms with E-state index in [0.29, 0.717) is 12.6 Å². The van der Waals surface area contributed by atoms with Crippen molar-refractivity contribution in [2.75, 3.05) is 25.7 Å². The molecular formula is C14H21NO3S. The second-order valence-corrected chi connectivity index (χ2v) is 5.58. The molecule has 1 fully saturated rings. The summed E-state index contributed by atoms with van der Waals surface area (Å²) in [5, 5.41) is 0. The summed E-state index contributed by atoms with van der Waals surface area (Å²) >= 11 is 1.96. The first kappa shape index (κ1) is 14.5. The average Bonchev–Trinajstić information content (AvgIpc) is 2.46. The monoisotopic (exact) mass is 283 g/mol. The van der Waals surface area contributed by atoms with Gasteiger partial charge in [0.2, 0.25) is 0 Å². The number of rotatable bonds is 6. The summed E-state index contributed by atoms with van der Waals surface area (Å²) in [5.41, 5.74) is 3.86. The van der Waals surface area contributed by atoms with E-state index in [1.807, 2.05) is 30.0 Å². The highest BCUT2D eigenvalue weighted by molar-refractivity contribution is 7.99. The van der Waals surface area contributed by atoms with Crippen LogP contribution in [0, 0.1) is 0 Å². The van der Waals surface area contributed by atoms with Gasteiger partial charge in [-0.25, -0.2) is 0 Å². The number of methoxy groups -OCH3 is 1. The van der Waals surface area contributed by atoms with E-state index in [-0.39, 0.29) is 0 Å². The Morgan fingerprint density at radius 3 is 2.95 bits per heavy atom. The van der Waals surface area contributed by atoms with Crippen LogP contribution in [0.2, 0.25) is 0 Å². The lowest BCUT2D eigenvalue weighted by Crippen LogP contribution is -2.23. The number of nitrogens with one attached hydrogen (secondary N) is 1. The molecule has 1 aliphatic heterocycles. The highest BCUT2D eigenvalue weighted by Gasteiger charge is 2.18. The molecule has 19 heavy (non-hydrogen) atoms. The summed E-state index contributed by atoms with van der Waals surface area (Å²) in [6.07, 6.45) is 2.64. The normalized spacial score (nSPS) is 19.2. The minimum absolute atomic E-state index is 0.290. The lowest BCUT2D eigenvalue weighted by Gasteiger charge is -2.24. The van der Waals surface area contributed by atoms with E-state index in [1.165, 1.54) is 12.2 Å². The highest BCUT2D eigenvalue weighted by atomic mass is 32.2. The van der Waals surface area contributed by atoms with Crippen molar-refractivity contribution in [3.8, 4) is 11.5 Å². The number of thioether (sulfide) groups is 1. The Morgan fingerprint density at radius 1 is 1.37 bits per heavy atom. The van der Waals surface area contributed by atoms with E-state index in [9.17, 15) is 0 Å². The van der Waals surface area contributed by atoms with Crippen LogP contribution < -0.4 is 15.0 Å². The maximum absolute atomic E-state index is 6.08. The minimum atomic E-state index is 0.290. The number of hydrogen-bond donors (Lipinski definition) is 1. The molecule has 1 unspecified atom stereocenters. The molecule has 1 aromatic carbocycles. The van der Waals surface area contributed by atoms with Crippen LogP contribution in [0.5, 0.6) is 11.5 Å². The van der Waals surface area contributed by atoms with Crippen molar-refractivity contribution in [2.24, 2.45) is 0 Å². The van der Waals surface area contributed by atoms with Crippen LogP contribution in [0.15, 0.2) is 18.2 Å². The van der Waals surface area contributed by atoms with E-state index in [0.717, 1.165) is 29.2 Å². The molecule has 2 rings (SSSR count). The molecule has 0 aliphatic carbocycles. The minimum Gasteiger partial charge on any atom is -0.493 e. The summed E-state index contributed by atoms with van der Waals surface area (Å²) in [6, 6.07) is 5.96. The van der Waals surface area contributed by atoms with Crippen molar-refractivity contribution < 1.29 is 14.3 Å². The van der Waals surface area contributed by atoms with Crippen LogP contribution in [0.3, 0.4) is 0 Å².